The molecule has 0 saturated carbocycles. The molecule has 0 saturated heterocycles. The Balaban J connectivity index is 4.33. The highest BCUT2D eigenvalue weighted by molar-refractivity contribution is 7.47. The first-order chi connectivity index (χ1) is 27.5. The van der Waals surface area contributed by atoms with E-state index in [1.54, 1.807) is 6.08 Å². The Hall–Kier alpha value is -1.85. The van der Waals surface area contributed by atoms with E-state index in [0.29, 0.717) is 19.3 Å². The Morgan fingerprint density at radius 2 is 1.11 bits per heavy atom. The van der Waals surface area contributed by atoms with Crippen LogP contribution >= 0.6 is 7.82 Å². The van der Waals surface area contributed by atoms with E-state index in [0.717, 1.165) is 63.7 Å². The lowest BCUT2D eigenvalue weighted by Crippen LogP contribution is -2.29. The zero-order valence-electron chi connectivity index (χ0n) is 36.1. The summed E-state index contributed by atoms with van der Waals surface area (Å²) in [5.74, 6) is -0.175. The molecule has 4 N–H and O–H groups in total. The third-order valence-corrected chi connectivity index (χ3v) is 10.5. The molecule has 0 aliphatic carbocycles. The first-order valence-electron chi connectivity index (χ1n) is 22.4. The highest BCUT2D eigenvalue weighted by atomic mass is 31.2. The molecule has 0 aliphatic heterocycles. The van der Waals surface area contributed by atoms with E-state index in [1.165, 1.54) is 77.0 Å². The molecule has 11 nitrogen and oxygen atoms in total. The zero-order valence-corrected chi connectivity index (χ0v) is 37.0. The van der Waals surface area contributed by atoms with Crippen LogP contribution in [0.3, 0.4) is 0 Å². The third-order valence-electron chi connectivity index (χ3n) is 9.59. The molecule has 2 unspecified atom stereocenters. The number of phosphoric ester groups is 1. The molecule has 0 radical (unpaired) electrons. The summed E-state index contributed by atoms with van der Waals surface area (Å²) in [5, 5.41) is 28.5. The molecule has 0 aliphatic rings. The van der Waals surface area contributed by atoms with E-state index in [9.17, 15) is 29.3 Å². The predicted molar refractivity (Wildman–Crippen MR) is 230 cm³/mol. The highest BCUT2D eigenvalue weighted by Gasteiger charge is 2.27. The molecule has 0 bridgehead atoms. The third kappa shape index (κ3) is 40.7. The van der Waals surface area contributed by atoms with Gasteiger partial charge in [0.05, 0.1) is 25.9 Å². The molecule has 0 spiro atoms. The van der Waals surface area contributed by atoms with Gasteiger partial charge in [0.25, 0.3) is 0 Å². The molecular weight excluding hydrogens is 747 g/mol. The summed E-state index contributed by atoms with van der Waals surface area (Å²) < 4.78 is 32.7. The second-order valence-corrected chi connectivity index (χ2v) is 17.2. The molecule has 0 aromatic carbocycles. The van der Waals surface area contributed by atoms with Crippen LogP contribution in [0.1, 0.15) is 188 Å². The molecule has 0 amide bonds. The van der Waals surface area contributed by atoms with Gasteiger partial charge >= 0.3 is 19.8 Å². The Kier molecular flexibility index (Phi) is 38.3. The van der Waals surface area contributed by atoms with Gasteiger partial charge in [0.2, 0.25) is 0 Å². The number of carbonyl (C=O) groups is 2. The van der Waals surface area contributed by atoms with Crippen LogP contribution in [0.2, 0.25) is 0 Å². The van der Waals surface area contributed by atoms with Gasteiger partial charge in [0.15, 0.2) is 6.10 Å². The molecule has 334 valence electrons. The van der Waals surface area contributed by atoms with Gasteiger partial charge in [-0.1, -0.05) is 179 Å². The van der Waals surface area contributed by atoms with Crippen molar-refractivity contribution in [3.8, 4) is 0 Å². The maximum Gasteiger partial charge on any atom is 0.472 e. The number of rotatable bonds is 41. The predicted octanol–water partition coefficient (Wildman–Crippen LogP) is 10.8. The van der Waals surface area contributed by atoms with Gasteiger partial charge in [-0.3, -0.25) is 18.6 Å². The lowest BCUT2D eigenvalue weighted by atomic mass is 10.0. The topological polar surface area (TPSA) is 169 Å². The van der Waals surface area contributed by atoms with Crippen LogP contribution in [0, 0.1) is 5.92 Å². The number of phosphoric acid groups is 1. The SMILES string of the molecule is CC/C=C/C/C=C/C=C/C(O)CCCCCCCC(=O)OC[C@H](COP(=O)(O)OC[C@@H](O)CO)OC(=O)CCCCCCCCCCCCCCCCCC(C)C. The number of aliphatic hydroxyl groups excluding tert-OH is 3. The summed E-state index contributed by atoms with van der Waals surface area (Å²) in [4.78, 5) is 35.0. The first-order valence-corrected chi connectivity index (χ1v) is 23.9. The van der Waals surface area contributed by atoms with E-state index in [-0.39, 0.29) is 19.4 Å². The molecule has 0 aromatic rings. The van der Waals surface area contributed by atoms with Crippen LogP contribution < -0.4 is 0 Å². The summed E-state index contributed by atoms with van der Waals surface area (Å²) in [6, 6.07) is 0. The number of hydrogen-bond acceptors (Lipinski definition) is 10. The lowest BCUT2D eigenvalue weighted by Gasteiger charge is -2.20. The van der Waals surface area contributed by atoms with Crippen LogP contribution in [0.4, 0.5) is 0 Å². The van der Waals surface area contributed by atoms with Crippen molar-refractivity contribution in [2.24, 2.45) is 5.92 Å². The summed E-state index contributed by atoms with van der Waals surface area (Å²) in [6.45, 7) is 4.49. The van der Waals surface area contributed by atoms with Crippen molar-refractivity contribution in [2.45, 2.75) is 206 Å². The zero-order chi connectivity index (χ0) is 42.2. The average Bonchev–Trinajstić information content (AvgIpc) is 3.18. The second-order valence-electron chi connectivity index (χ2n) is 15.7. The highest BCUT2D eigenvalue weighted by Crippen LogP contribution is 2.43. The molecule has 0 fully saturated rings. The molecule has 0 heterocycles. The van der Waals surface area contributed by atoms with Crippen molar-refractivity contribution in [3.05, 3.63) is 36.5 Å². The first kappa shape index (κ1) is 55.2. The second kappa shape index (κ2) is 39.6. The van der Waals surface area contributed by atoms with Gasteiger partial charge in [0.1, 0.15) is 12.7 Å². The van der Waals surface area contributed by atoms with Crippen molar-refractivity contribution in [1.82, 2.24) is 0 Å². The Morgan fingerprint density at radius 1 is 0.614 bits per heavy atom. The molecular formula is C45H83O11P. The number of unbranched alkanes of at least 4 members (excludes halogenated alkanes) is 18. The monoisotopic (exact) mass is 831 g/mol. The fourth-order valence-electron chi connectivity index (χ4n) is 6.13. The maximum absolute atomic E-state index is 12.6. The van der Waals surface area contributed by atoms with Gasteiger partial charge in [0, 0.05) is 12.8 Å². The maximum atomic E-state index is 12.6. The largest absolute Gasteiger partial charge is 0.472 e. The van der Waals surface area contributed by atoms with Crippen molar-refractivity contribution >= 4 is 19.8 Å². The minimum absolute atomic E-state index is 0.166. The number of carbonyl (C=O) groups excluding carboxylic acids is 2. The lowest BCUT2D eigenvalue weighted by molar-refractivity contribution is -0.161. The van der Waals surface area contributed by atoms with Crippen molar-refractivity contribution in [2.75, 3.05) is 26.4 Å². The van der Waals surface area contributed by atoms with Crippen molar-refractivity contribution in [3.63, 3.8) is 0 Å². The summed E-state index contributed by atoms with van der Waals surface area (Å²) in [6.07, 6.45) is 35.6. The summed E-state index contributed by atoms with van der Waals surface area (Å²) in [7, 11) is -4.64. The van der Waals surface area contributed by atoms with Gasteiger partial charge < -0.3 is 29.7 Å². The van der Waals surface area contributed by atoms with E-state index < -0.39 is 57.9 Å². The Labute approximate surface area is 346 Å². The molecule has 57 heavy (non-hydrogen) atoms. The Bertz CT molecular complexity index is 1080. The fraction of sp³-hybridized carbons (Fsp3) is 0.822. The molecule has 0 rings (SSSR count). The van der Waals surface area contributed by atoms with Gasteiger partial charge in [-0.25, -0.2) is 4.57 Å². The molecule has 0 aromatic heterocycles. The van der Waals surface area contributed by atoms with E-state index in [2.05, 4.69) is 37.4 Å². The minimum Gasteiger partial charge on any atom is -0.462 e. The number of ether oxygens (including phenoxy) is 2. The van der Waals surface area contributed by atoms with Crippen LogP contribution in [0.25, 0.3) is 0 Å². The van der Waals surface area contributed by atoms with Crippen molar-refractivity contribution in [1.29, 1.82) is 0 Å². The van der Waals surface area contributed by atoms with E-state index in [1.807, 2.05) is 18.2 Å². The smallest absolute Gasteiger partial charge is 0.462 e. The van der Waals surface area contributed by atoms with Gasteiger partial charge in [-0.2, -0.15) is 0 Å². The quantitative estimate of drug-likeness (QED) is 0.0152. The van der Waals surface area contributed by atoms with E-state index >= 15 is 0 Å². The summed E-state index contributed by atoms with van der Waals surface area (Å²) in [5.41, 5.74) is 0. The van der Waals surface area contributed by atoms with E-state index in [4.69, 9.17) is 19.1 Å². The number of hydrogen-bond donors (Lipinski definition) is 4. The van der Waals surface area contributed by atoms with Crippen LogP contribution in [0.5, 0.6) is 0 Å². The number of esters is 2. The molecule has 12 heteroatoms. The van der Waals surface area contributed by atoms with Gasteiger partial charge in [-0.05, 0) is 38.0 Å². The normalized spacial score (nSPS) is 14.8. The van der Waals surface area contributed by atoms with Crippen LogP contribution in [-0.2, 0) is 32.7 Å². The fourth-order valence-corrected chi connectivity index (χ4v) is 6.92. The van der Waals surface area contributed by atoms with Crippen LogP contribution in [-0.4, -0.2) is 76.9 Å². The van der Waals surface area contributed by atoms with Crippen molar-refractivity contribution < 1.29 is 52.9 Å². The average molecular weight is 831 g/mol. The minimum atomic E-state index is -4.64. The number of aliphatic hydroxyl groups is 3. The molecule has 4 atom stereocenters. The number of allylic oxidation sites excluding steroid dienone is 5. The standard InChI is InChI=1S/C45H83O11P/c1-4-5-6-7-17-22-27-32-41(47)33-28-23-20-25-29-34-44(49)53-38-43(39-55-57(51,52)54-37-42(48)36-46)56-45(50)35-30-24-19-16-14-12-10-8-9-11-13-15-18-21-26-31-40(2)3/h5-6,17,22,27,32,40-43,46-48H,4,7-16,18-21,23-26,28-31,33-39H2,1-3H3,(H,51,52)/b6-5+,22-17+,32-27+/t41?,42-,43+/m0/s1. The van der Waals surface area contributed by atoms with Crippen LogP contribution in [0.15, 0.2) is 36.5 Å². The van der Waals surface area contributed by atoms with Gasteiger partial charge in [-0.15, -0.1) is 0 Å². The Morgan fingerprint density at radius 3 is 1.63 bits per heavy atom. The summed E-state index contributed by atoms with van der Waals surface area (Å²) >= 11 is 0.